The minimum absolute atomic E-state index is 0.162. The smallest absolute Gasteiger partial charge is 0.251 e. The van der Waals surface area contributed by atoms with Gasteiger partial charge >= 0.3 is 0 Å². The number of aliphatic hydroxyl groups excluding tert-OH is 2. The number of hydrogen-bond donors (Lipinski definition) is 4. The molecule has 3 heterocycles. The van der Waals surface area contributed by atoms with Gasteiger partial charge in [-0.3, -0.25) is 9.36 Å². The third-order valence-electron chi connectivity index (χ3n) is 5.07. The summed E-state index contributed by atoms with van der Waals surface area (Å²) in [4.78, 5) is 24.3. The number of carbonyl (C=O) groups excluding carboxylic acids is 1. The van der Waals surface area contributed by atoms with Crippen LogP contribution in [0.4, 0.5) is 5.82 Å². The van der Waals surface area contributed by atoms with Crippen molar-refractivity contribution in [1.29, 1.82) is 0 Å². The Hall–Kier alpha value is -3.16. The van der Waals surface area contributed by atoms with Crippen LogP contribution in [0, 0.1) is 0 Å². The van der Waals surface area contributed by atoms with Gasteiger partial charge in [0.1, 0.15) is 36.9 Å². The molecule has 12 nitrogen and oxygen atoms in total. The van der Waals surface area contributed by atoms with Gasteiger partial charge in [-0.2, -0.15) is 0 Å². The fourth-order valence-corrected chi connectivity index (χ4v) is 3.44. The normalized spacial score (nSPS) is 22.9. The molecule has 1 aliphatic rings. The maximum atomic E-state index is 12.0. The Morgan fingerprint density at radius 1 is 1.25 bits per heavy atom. The number of anilines is 1. The molecule has 4 atom stereocenters. The highest BCUT2D eigenvalue weighted by Gasteiger charge is 2.46. The molecule has 1 amide bonds. The minimum atomic E-state index is -1.11. The molecular formula is C20H24N6O6. The number of rotatable bonds is 9. The topological polar surface area (TPSA) is 167 Å². The molecule has 0 radical (unpaired) electrons. The molecule has 1 saturated heterocycles. The van der Waals surface area contributed by atoms with Crippen molar-refractivity contribution in [2.45, 2.75) is 24.5 Å². The molecule has 32 heavy (non-hydrogen) atoms. The van der Waals surface area contributed by atoms with Crippen molar-refractivity contribution in [2.24, 2.45) is 0 Å². The van der Waals surface area contributed by atoms with Crippen LogP contribution in [0.1, 0.15) is 16.6 Å². The summed E-state index contributed by atoms with van der Waals surface area (Å²) in [5, 5.41) is 22.8. The molecule has 0 spiro atoms. The van der Waals surface area contributed by atoms with Gasteiger partial charge in [0.15, 0.2) is 17.7 Å². The number of amides is 1. The van der Waals surface area contributed by atoms with E-state index in [0.717, 1.165) is 0 Å². The van der Waals surface area contributed by atoms with E-state index in [1.807, 2.05) is 6.07 Å². The summed E-state index contributed by atoms with van der Waals surface area (Å²) in [5.41, 5.74) is 7.19. The third-order valence-corrected chi connectivity index (χ3v) is 5.07. The number of hydrogen-bond acceptors (Lipinski definition) is 10. The second-order valence-electron chi connectivity index (χ2n) is 7.10. The Bertz CT molecular complexity index is 1050. The SMILES string of the molecule is Nc1ncnc2c1ncn2[C@@H]1O[C@H](CO)[C@@H](O)[C@H]1OCOCCNC(=O)c1ccccc1. The number of imidazole rings is 1. The zero-order valence-corrected chi connectivity index (χ0v) is 17.1. The van der Waals surface area contributed by atoms with Crippen molar-refractivity contribution in [3.63, 3.8) is 0 Å². The molecule has 1 aliphatic heterocycles. The number of aromatic nitrogens is 4. The molecule has 0 unspecified atom stereocenters. The van der Waals surface area contributed by atoms with Crippen molar-refractivity contribution in [3.8, 4) is 0 Å². The zero-order chi connectivity index (χ0) is 22.5. The van der Waals surface area contributed by atoms with Crippen LogP contribution in [0.2, 0.25) is 0 Å². The van der Waals surface area contributed by atoms with E-state index >= 15 is 0 Å². The third kappa shape index (κ3) is 4.54. The molecule has 1 aromatic carbocycles. The van der Waals surface area contributed by atoms with Gasteiger partial charge in [-0.25, -0.2) is 15.0 Å². The average Bonchev–Trinajstić information content (AvgIpc) is 3.38. The molecule has 1 fully saturated rings. The number of nitrogens with two attached hydrogens (primary N) is 1. The number of fused-ring (bicyclic) bond motifs is 1. The van der Waals surface area contributed by atoms with Crippen molar-refractivity contribution in [2.75, 3.05) is 32.3 Å². The second kappa shape index (κ2) is 9.97. The van der Waals surface area contributed by atoms with Gasteiger partial charge in [0.2, 0.25) is 0 Å². The van der Waals surface area contributed by atoms with Gasteiger partial charge in [0, 0.05) is 12.1 Å². The molecule has 170 valence electrons. The maximum absolute atomic E-state index is 12.0. The number of ether oxygens (including phenoxy) is 3. The second-order valence-corrected chi connectivity index (χ2v) is 7.10. The van der Waals surface area contributed by atoms with Crippen molar-refractivity contribution in [1.82, 2.24) is 24.8 Å². The number of aliphatic hydroxyl groups is 2. The highest BCUT2D eigenvalue weighted by Crippen LogP contribution is 2.33. The molecule has 12 heteroatoms. The van der Waals surface area contributed by atoms with E-state index in [2.05, 4.69) is 20.3 Å². The summed E-state index contributed by atoms with van der Waals surface area (Å²) in [5.74, 6) is 0.0122. The maximum Gasteiger partial charge on any atom is 0.251 e. The monoisotopic (exact) mass is 444 g/mol. The Balaban J connectivity index is 1.33. The van der Waals surface area contributed by atoms with Crippen LogP contribution in [-0.4, -0.2) is 80.5 Å². The Labute approximate surface area is 183 Å². The van der Waals surface area contributed by atoms with Gasteiger partial charge in [0.05, 0.1) is 19.5 Å². The van der Waals surface area contributed by atoms with Crippen molar-refractivity contribution < 1.29 is 29.2 Å². The predicted octanol–water partition coefficient (Wildman–Crippen LogP) is -0.552. The number of nitrogens with zero attached hydrogens (tertiary/aromatic N) is 4. The fourth-order valence-electron chi connectivity index (χ4n) is 3.44. The van der Waals surface area contributed by atoms with Crippen LogP contribution in [0.5, 0.6) is 0 Å². The number of carbonyl (C=O) groups is 1. The first kappa shape index (κ1) is 22.0. The lowest BCUT2D eigenvalue weighted by Crippen LogP contribution is -2.36. The van der Waals surface area contributed by atoms with Gasteiger partial charge in [0.25, 0.3) is 5.91 Å². The summed E-state index contributed by atoms with van der Waals surface area (Å²) >= 11 is 0. The van der Waals surface area contributed by atoms with Crippen LogP contribution in [0.3, 0.4) is 0 Å². The largest absolute Gasteiger partial charge is 0.394 e. The first-order valence-electron chi connectivity index (χ1n) is 10.00. The van der Waals surface area contributed by atoms with Crippen LogP contribution < -0.4 is 11.1 Å². The van der Waals surface area contributed by atoms with Gasteiger partial charge in [-0.15, -0.1) is 0 Å². The van der Waals surface area contributed by atoms with E-state index in [1.165, 1.54) is 12.7 Å². The van der Waals surface area contributed by atoms with E-state index in [4.69, 9.17) is 19.9 Å². The highest BCUT2D eigenvalue weighted by atomic mass is 16.7. The molecular weight excluding hydrogens is 420 g/mol. The number of nitrogen functional groups attached to an aromatic ring is 1. The lowest BCUT2D eigenvalue weighted by Gasteiger charge is -2.22. The molecule has 5 N–H and O–H groups in total. The first-order chi connectivity index (χ1) is 15.6. The minimum Gasteiger partial charge on any atom is -0.394 e. The van der Waals surface area contributed by atoms with Crippen molar-refractivity contribution >= 4 is 22.9 Å². The van der Waals surface area contributed by atoms with E-state index in [-0.39, 0.29) is 31.7 Å². The quantitative estimate of drug-likeness (QED) is 0.248. The average molecular weight is 444 g/mol. The van der Waals surface area contributed by atoms with E-state index in [0.29, 0.717) is 16.7 Å². The molecule has 2 aromatic heterocycles. The summed E-state index contributed by atoms with van der Waals surface area (Å²) < 4.78 is 18.5. The Kier molecular flexibility index (Phi) is 6.87. The zero-order valence-electron chi connectivity index (χ0n) is 17.1. The summed E-state index contributed by atoms with van der Waals surface area (Å²) in [6, 6.07) is 8.84. The van der Waals surface area contributed by atoms with Crippen LogP contribution in [0.15, 0.2) is 43.0 Å². The number of nitrogens with one attached hydrogen (secondary N) is 1. The lowest BCUT2D eigenvalue weighted by molar-refractivity contribution is -0.137. The first-order valence-corrected chi connectivity index (χ1v) is 10.00. The van der Waals surface area contributed by atoms with Crippen LogP contribution >= 0.6 is 0 Å². The highest BCUT2D eigenvalue weighted by molar-refractivity contribution is 5.94. The molecule has 3 aromatic rings. The van der Waals surface area contributed by atoms with Crippen LogP contribution in [0.25, 0.3) is 11.2 Å². The van der Waals surface area contributed by atoms with E-state index < -0.39 is 31.1 Å². The predicted molar refractivity (Wildman–Crippen MR) is 111 cm³/mol. The Morgan fingerprint density at radius 2 is 2.06 bits per heavy atom. The molecule has 0 bridgehead atoms. The van der Waals surface area contributed by atoms with E-state index in [9.17, 15) is 15.0 Å². The molecule has 4 rings (SSSR count). The fraction of sp³-hybridized carbons (Fsp3) is 0.400. The van der Waals surface area contributed by atoms with Crippen LogP contribution in [-0.2, 0) is 14.2 Å². The van der Waals surface area contributed by atoms with Gasteiger partial charge in [-0.05, 0) is 12.1 Å². The van der Waals surface area contributed by atoms with Gasteiger partial charge in [-0.1, -0.05) is 18.2 Å². The summed E-state index contributed by atoms with van der Waals surface area (Å²) in [7, 11) is 0. The standard InChI is InChI=1S/C20H24N6O6/c21-17-14-18(24-9-23-17)26(10-25-14)20-16(15(28)13(8-27)32-20)31-11-30-7-6-22-19(29)12-4-2-1-3-5-12/h1-5,9-10,13,15-16,20,27-28H,6-8,11H2,(H,22,29)(H2,21,23,24)/t13-,15-,16-,20-/m1/s1. The van der Waals surface area contributed by atoms with Gasteiger partial charge < -0.3 is 35.5 Å². The van der Waals surface area contributed by atoms with Crippen molar-refractivity contribution in [3.05, 3.63) is 48.5 Å². The lowest BCUT2D eigenvalue weighted by atomic mass is 10.1. The molecule has 0 saturated carbocycles. The summed E-state index contributed by atoms with van der Waals surface area (Å²) in [6.45, 7) is -0.0711. The summed E-state index contributed by atoms with van der Waals surface area (Å²) in [6.07, 6.45) is -0.881. The molecule has 0 aliphatic carbocycles. The van der Waals surface area contributed by atoms with E-state index in [1.54, 1.807) is 28.8 Å². The Morgan fingerprint density at radius 3 is 2.84 bits per heavy atom. The number of benzene rings is 1.